The first-order valence-electron chi connectivity index (χ1n) is 7.36. The van der Waals surface area contributed by atoms with E-state index in [1.54, 1.807) is 24.6 Å². The lowest BCUT2D eigenvalue weighted by molar-refractivity contribution is 0.0915. The Morgan fingerprint density at radius 1 is 1.09 bits per heavy atom. The van der Waals surface area contributed by atoms with Crippen molar-refractivity contribution in [1.82, 2.24) is 4.98 Å². The molecule has 5 heteroatoms. The number of aromatic nitrogens is 1. The van der Waals surface area contributed by atoms with E-state index in [-0.39, 0.29) is 16.9 Å². The summed E-state index contributed by atoms with van der Waals surface area (Å²) in [4.78, 5) is 31.8. The summed E-state index contributed by atoms with van der Waals surface area (Å²) in [6.45, 7) is 6.86. The van der Waals surface area contributed by atoms with Gasteiger partial charge in [0.2, 0.25) is 12.2 Å². The molecule has 1 aromatic rings. The third kappa shape index (κ3) is 6.57. The zero-order valence-electron chi connectivity index (χ0n) is 13.5. The number of rotatable bonds is 3. The molecule has 0 N–H and O–H groups in total. The normalized spacial score (nSPS) is 25.7. The van der Waals surface area contributed by atoms with E-state index in [1.165, 1.54) is 0 Å². The Hall–Kier alpha value is -2.09. The fourth-order valence-electron chi connectivity index (χ4n) is 3.40. The third-order valence-corrected chi connectivity index (χ3v) is 3.75. The number of nitrogens with zero attached hydrogens (tertiary/aromatic N) is 3. The van der Waals surface area contributed by atoms with Gasteiger partial charge < -0.3 is 0 Å². The SMILES string of the molecule is CC1(C)CC(N=C=O)CC(C)(CN=C=O)C1.c1ccncc1. The Labute approximate surface area is 131 Å². The molecule has 1 aromatic heterocycles. The Bertz CT molecular complexity index is 520. The second-order valence-corrected chi connectivity index (χ2v) is 6.87. The number of hydrogen-bond acceptors (Lipinski definition) is 5. The number of aliphatic imine (C=N–C) groups is 2. The molecular weight excluding hydrogens is 278 g/mol. The summed E-state index contributed by atoms with van der Waals surface area (Å²) in [5.74, 6) is 0. The minimum atomic E-state index is -0.0653. The highest BCUT2D eigenvalue weighted by atomic mass is 16.1. The summed E-state index contributed by atoms with van der Waals surface area (Å²) < 4.78 is 0. The summed E-state index contributed by atoms with van der Waals surface area (Å²) in [7, 11) is 0. The largest absolute Gasteiger partial charge is 0.265 e. The van der Waals surface area contributed by atoms with Gasteiger partial charge in [-0.25, -0.2) is 19.6 Å². The van der Waals surface area contributed by atoms with Crippen LogP contribution in [0.1, 0.15) is 40.0 Å². The van der Waals surface area contributed by atoms with E-state index in [0.717, 1.165) is 19.3 Å². The van der Waals surface area contributed by atoms with Crippen molar-refractivity contribution < 1.29 is 9.59 Å². The first-order valence-corrected chi connectivity index (χ1v) is 7.36. The van der Waals surface area contributed by atoms with Crippen molar-refractivity contribution >= 4 is 12.2 Å². The summed E-state index contributed by atoms with van der Waals surface area (Å²) >= 11 is 0. The van der Waals surface area contributed by atoms with Crippen molar-refractivity contribution in [3.63, 3.8) is 0 Å². The maximum atomic E-state index is 10.3. The second-order valence-electron chi connectivity index (χ2n) is 6.87. The van der Waals surface area contributed by atoms with Gasteiger partial charge in [0.25, 0.3) is 0 Å². The lowest BCUT2D eigenvalue weighted by atomic mass is 9.63. The first kappa shape index (κ1) is 18.0. The maximum Gasteiger partial charge on any atom is 0.235 e. The van der Waals surface area contributed by atoms with E-state index in [2.05, 4.69) is 35.7 Å². The topological polar surface area (TPSA) is 71.8 Å². The molecule has 0 amide bonds. The molecule has 2 unspecified atom stereocenters. The monoisotopic (exact) mass is 301 g/mol. The van der Waals surface area contributed by atoms with Crippen LogP contribution in [0.15, 0.2) is 40.6 Å². The predicted molar refractivity (Wildman–Crippen MR) is 84.9 cm³/mol. The van der Waals surface area contributed by atoms with Gasteiger partial charge in [-0.2, -0.15) is 0 Å². The van der Waals surface area contributed by atoms with Crippen molar-refractivity contribution in [2.75, 3.05) is 6.54 Å². The minimum absolute atomic E-state index is 0.00750. The molecule has 0 saturated heterocycles. The molecule has 1 heterocycles. The van der Waals surface area contributed by atoms with Gasteiger partial charge in [0, 0.05) is 12.4 Å². The minimum Gasteiger partial charge on any atom is -0.265 e. The van der Waals surface area contributed by atoms with E-state index >= 15 is 0 Å². The lowest BCUT2D eigenvalue weighted by Crippen LogP contribution is -2.39. The van der Waals surface area contributed by atoms with E-state index in [9.17, 15) is 9.59 Å². The average molecular weight is 301 g/mol. The highest BCUT2D eigenvalue weighted by Gasteiger charge is 2.41. The van der Waals surface area contributed by atoms with E-state index < -0.39 is 0 Å². The van der Waals surface area contributed by atoms with Crippen LogP contribution in [0.3, 0.4) is 0 Å². The van der Waals surface area contributed by atoms with Crippen molar-refractivity contribution in [3.05, 3.63) is 30.6 Å². The fourth-order valence-corrected chi connectivity index (χ4v) is 3.40. The van der Waals surface area contributed by atoms with Crippen LogP contribution in [-0.4, -0.2) is 29.7 Å². The molecule has 0 spiro atoms. The predicted octanol–water partition coefficient (Wildman–Crippen LogP) is 3.32. The molecule has 0 aromatic carbocycles. The van der Waals surface area contributed by atoms with Gasteiger partial charge in [0.15, 0.2) is 0 Å². The van der Waals surface area contributed by atoms with E-state index in [1.807, 2.05) is 18.2 Å². The van der Waals surface area contributed by atoms with Crippen LogP contribution >= 0.6 is 0 Å². The lowest BCUT2D eigenvalue weighted by Gasteiger charge is -2.44. The van der Waals surface area contributed by atoms with Crippen LogP contribution in [-0.2, 0) is 9.59 Å². The quantitative estimate of drug-likeness (QED) is 0.635. The molecule has 22 heavy (non-hydrogen) atoms. The Morgan fingerprint density at radius 2 is 1.77 bits per heavy atom. The molecule has 118 valence electrons. The summed E-state index contributed by atoms with van der Waals surface area (Å²) in [6, 6.07) is 5.72. The highest BCUT2D eigenvalue weighted by molar-refractivity contribution is 5.34. The van der Waals surface area contributed by atoms with Crippen molar-refractivity contribution in [2.45, 2.75) is 46.1 Å². The Kier molecular flexibility index (Phi) is 6.84. The average Bonchev–Trinajstić information content (AvgIpc) is 2.46. The van der Waals surface area contributed by atoms with Gasteiger partial charge >= 0.3 is 0 Å². The number of carbonyl (C=O) groups excluding carboxylic acids is 2. The first-order chi connectivity index (χ1) is 10.4. The zero-order chi connectivity index (χ0) is 16.5. The highest BCUT2D eigenvalue weighted by Crippen LogP contribution is 2.47. The molecule has 5 nitrogen and oxygen atoms in total. The van der Waals surface area contributed by atoms with Gasteiger partial charge in [-0.1, -0.05) is 26.8 Å². The molecule has 0 radical (unpaired) electrons. The van der Waals surface area contributed by atoms with Crippen LogP contribution < -0.4 is 0 Å². The molecule has 1 fully saturated rings. The molecule has 2 rings (SSSR count). The number of pyridine rings is 1. The maximum absolute atomic E-state index is 10.3. The molecular formula is C17H23N3O2. The zero-order valence-corrected chi connectivity index (χ0v) is 13.5. The number of hydrogen-bond donors (Lipinski definition) is 0. The van der Waals surface area contributed by atoms with Gasteiger partial charge in [-0.3, -0.25) is 4.98 Å². The second kappa shape index (κ2) is 8.38. The van der Waals surface area contributed by atoms with E-state index in [0.29, 0.717) is 6.54 Å². The van der Waals surface area contributed by atoms with Crippen LogP contribution in [0.4, 0.5) is 0 Å². The van der Waals surface area contributed by atoms with Gasteiger partial charge in [-0.15, -0.1) is 0 Å². The van der Waals surface area contributed by atoms with Crippen LogP contribution in [0, 0.1) is 10.8 Å². The van der Waals surface area contributed by atoms with Crippen LogP contribution in [0.25, 0.3) is 0 Å². The van der Waals surface area contributed by atoms with Crippen molar-refractivity contribution in [3.8, 4) is 0 Å². The van der Waals surface area contributed by atoms with Gasteiger partial charge in [0.1, 0.15) is 0 Å². The van der Waals surface area contributed by atoms with E-state index in [4.69, 9.17) is 0 Å². The fraction of sp³-hybridized carbons (Fsp3) is 0.588. The van der Waals surface area contributed by atoms with Gasteiger partial charge in [0.05, 0.1) is 12.6 Å². The van der Waals surface area contributed by atoms with Crippen LogP contribution in [0.2, 0.25) is 0 Å². The Balaban J connectivity index is 0.000000335. The molecule has 1 aliphatic rings. The third-order valence-electron chi connectivity index (χ3n) is 3.75. The molecule has 0 aliphatic heterocycles. The van der Waals surface area contributed by atoms with Crippen LogP contribution in [0.5, 0.6) is 0 Å². The van der Waals surface area contributed by atoms with Crippen molar-refractivity contribution in [2.24, 2.45) is 20.8 Å². The smallest absolute Gasteiger partial charge is 0.235 e. The van der Waals surface area contributed by atoms with Gasteiger partial charge in [-0.05, 0) is 42.2 Å². The molecule has 1 aliphatic carbocycles. The summed E-state index contributed by atoms with van der Waals surface area (Å²) in [5, 5.41) is 0. The molecule has 2 atom stereocenters. The number of isocyanates is 2. The Morgan fingerprint density at radius 3 is 2.23 bits per heavy atom. The standard InChI is InChI=1S/C12H18N2O2.C5H5N/c1-11(2)4-10(14-9-16)5-12(3,6-11)7-13-8-15;1-2-4-6-5-3-1/h10H,4-7H2,1-3H3;1-5H. The summed E-state index contributed by atoms with van der Waals surface area (Å²) in [6.07, 6.45) is 9.38. The summed E-state index contributed by atoms with van der Waals surface area (Å²) in [5.41, 5.74) is 0.0561. The van der Waals surface area contributed by atoms with Crippen molar-refractivity contribution in [1.29, 1.82) is 0 Å². The molecule has 1 saturated carbocycles. The molecule has 0 bridgehead atoms.